The number of nitrogens with one attached hydrogen (secondary N) is 1. The number of rotatable bonds is 4. The van der Waals surface area contributed by atoms with Gasteiger partial charge in [0, 0.05) is 23.8 Å². The molecule has 0 unspecified atom stereocenters. The summed E-state index contributed by atoms with van der Waals surface area (Å²) in [7, 11) is 0. The molecule has 0 saturated heterocycles. The summed E-state index contributed by atoms with van der Waals surface area (Å²) in [6, 6.07) is 12.7. The summed E-state index contributed by atoms with van der Waals surface area (Å²) in [4.78, 5) is 0. The fourth-order valence-corrected chi connectivity index (χ4v) is 2.59. The van der Waals surface area contributed by atoms with Crippen LogP contribution in [0.4, 0.5) is 0 Å². The van der Waals surface area contributed by atoms with Gasteiger partial charge in [-0.3, -0.25) is 0 Å². The quantitative estimate of drug-likeness (QED) is 0.930. The van der Waals surface area contributed by atoms with Crippen LogP contribution in [0.25, 0.3) is 0 Å². The Balaban J connectivity index is 1.47. The standard InChI is InChI=1S/C15H16ClN3/c16-13-5-3-11(4-6-13)12-8-15(9-12)17-10-14-2-1-7-18-19-14/h1-7,12,15,17H,8-10H2. The van der Waals surface area contributed by atoms with Crippen molar-refractivity contribution in [2.75, 3.05) is 0 Å². The van der Waals surface area contributed by atoms with Crippen LogP contribution in [-0.2, 0) is 6.54 Å². The molecular weight excluding hydrogens is 258 g/mol. The molecule has 0 spiro atoms. The Morgan fingerprint density at radius 3 is 2.63 bits per heavy atom. The van der Waals surface area contributed by atoms with Crippen LogP contribution in [0.15, 0.2) is 42.6 Å². The molecule has 1 aliphatic rings. The van der Waals surface area contributed by atoms with Crippen molar-refractivity contribution >= 4 is 11.6 Å². The molecule has 1 saturated carbocycles. The van der Waals surface area contributed by atoms with Gasteiger partial charge in [0.15, 0.2) is 0 Å². The largest absolute Gasteiger partial charge is 0.308 e. The highest BCUT2D eigenvalue weighted by molar-refractivity contribution is 6.30. The van der Waals surface area contributed by atoms with Gasteiger partial charge in [0.2, 0.25) is 0 Å². The van der Waals surface area contributed by atoms with Crippen LogP contribution in [0.5, 0.6) is 0 Å². The van der Waals surface area contributed by atoms with Crippen LogP contribution in [0.1, 0.15) is 30.0 Å². The molecular formula is C15H16ClN3. The second kappa shape index (κ2) is 5.68. The van der Waals surface area contributed by atoms with Crippen molar-refractivity contribution in [3.8, 4) is 0 Å². The monoisotopic (exact) mass is 273 g/mol. The molecule has 1 fully saturated rings. The zero-order chi connectivity index (χ0) is 13.1. The molecule has 2 aromatic rings. The molecule has 0 bridgehead atoms. The first-order chi connectivity index (χ1) is 9.31. The van der Waals surface area contributed by atoms with E-state index in [2.05, 4.69) is 27.6 Å². The molecule has 0 atom stereocenters. The highest BCUT2D eigenvalue weighted by atomic mass is 35.5. The Hall–Kier alpha value is -1.45. The van der Waals surface area contributed by atoms with Crippen molar-refractivity contribution in [2.45, 2.75) is 31.3 Å². The molecule has 1 N–H and O–H groups in total. The maximum absolute atomic E-state index is 5.90. The summed E-state index contributed by atoms with van der Waals surface area (Å²) >= 11 is 5.90. The lowest BCUT2D eigenvalue weighted by atomic mass is 9.76. The van der Waals surface area contributed by atoms with Gasteiger partial charge in [-0.2, -0.15) is 10.2 Å². The van der Waals surface area contributed by atoms with E-state index in [9.17, 15) is 0 Å². The summed E-state index contributed by atoms with van der Waals surface area (Å²) in [5.41, 5.74) is 2.39. The van der Waals surface area contributed by atoms with E-state index >= 15 is 0 Å². The van der Waals surface area contributed by atoms with Gasteiger partial charge in [-0.15, -0.1) is 0 Å². The molecule has 0 aliphatic heterocycles. The van der Waals surface area contributed by atoms with E-state index in [0.717, 1.165) is 17.3 Å². The van der Waals surface area contributed by atoms with Crippen LogP contribution in [0, 0.1) is 0 Å². The molecule has 4 heteroatoms. The van der Waals surface area contributed by atoms with E-state index < -0.39 is 0 Å². The summed E-state index contributed by atoms with van der Waals surface area (Å²) in [6.45, 7) is 0.797. The van der Waals surface area contributed by atoms with Crippen LogP contribution in [-0.4, -0.2) is 16.2 Å². The number of benzene rings is 1. The Morgan fingerprint density at radius 2 is 1.95 bits per heavy atom. The first kappa shape index (κ1) is 12.6. The molecule has 3 nitrogen and oxygen atoms in total. The second-order valence-electron chi connectivity index (χ2n) is 5.01. The molecule has 0 amide bonds. The van der Waals surface area contributed by atoms with Crippen molar-refractivity contribution in [2.24, 2.45) is 0 Å². The average molecular weight is 274 g/mol. The normalized spacial score (nSPS) is 21.9. The minimum absolute atomic E-state index is 0.586. The first-order valence-electron chi connectivity index (χ1n) is 6.56. The molecule has 19 heavy (non-hydrogen) atoms. The third kappa shape index (κ3) is 3.11. The third-order valence-electron chi connectivity index (χ3n) is 3.68. The van der Waals surface area contributed by atoms with Crippen molar-refractivity contribution in [1.82, 2.24) is 15.5 Å². The van der Waals surface area contributed by atoms with E-state index in [1.165, 1.54) is 18.4 Å². The number of hydrogen-bond donors (Lipinski definition) is 1. The van der Waals surface area contributed by atoms with E-state index in [1.54, 1.807) is 6.20 Å². The molecule has 3 rings (SSSR count). The average Bonchev–Trinajstić information content (AvgIpc) is 2.40. The van der Waals surface area contributed by atoms with Crippen LogP contribution < -0.4 is 5.32 Å². The molecule has 1 heterocycles. The van der Waals surface area contributed by atoms with Crippen molar-refractivity contribution < 1.29 is 0 Å². The summed E-state index contributed by atoms with van der Waals surface area (Å²) in [6.07, 6.45) is 4.06. The Morgan fingerprint density at radius 1 is 1.16 bits per heavy atom. The second-order valence-corrected chi connectivity index (χ2v) is 5.45. The SMILES string of the molecule is Clc1ccc(C2CC(NCc3cccnn3)C2)cc1. The van der Waals surface area contributed by atoms with Gasteiger partial charge >= 0.3 is 0 Å². The zero-order valence-electron chi connectivity index (χ0n) is 10.6. The molecule has 0 radical (unpaired) electrons. The van der Waals surface area contributed by atoms with Gasteiger partial charge in [0.1, 0.15) is 0 Å². The lowest BCUT2D eigenvalue weighted by Crippen LogP contribution is -2.39. The number of halogens is 1. The minimum atomic E-state index is 0.586. The lowest BCUT2D eigenvalue weighted by molar-refractivity contribution is 0.288. The third-order valence-corrected chi connectivity index (χ3v) is 3.93. The minimum Gasteiger partial charge on any atom is -0.308 e. The topological polar surface area (TPSA) is 37.8 Å². The number of hydrogen-bond acceptors (Lipinski definition) is 3. The Bertz CT molecular complexity index is 521. The van der Waals surface area contributed by atoms with Gasteiger partial charge in [-0.05, 0) is 48.6 Å². The van der Waals surface area contributed by atoms with Crippen molar-refractivity contribution in [3.05, 3.63) is 58.9 Å². The summed E-state index contributed by atoms with van der Waals surface area (Å²) in [5, 5.41) is 12.3. The van der Waals surface area contributed by atoms with Crippen molar-refractivity contribution in [3.63, 3.8) is 0 Å². The number of aromatic nitrogens is 2. The van der Waals surface area contributed by atoms with E-state index in [-0.39, 0.29) is 0 Å². The first-order valence-corrected chi connectivity index (χ1v) is 6.94. The zero-order valence-corrected chi connectivity index (χ0v) is 11.3. The van der Waals surface area contributed by atoms with Gasteiger partial charge < -0.3 is 5.32 Å². The predicted octanol–water partition coefficient (Wildman–Crippen LogP) is 3.17. The van der Waals surface area contributed by atoms with E-state index in [0.29, 0.717) is 12.0 Å². The van der Waals surface area contributed by atoms with Crippen LogP contribution >= 0.6 is 11.6 Å². The van der Waals surface area contributed by atoms with Gasteiger partial charge in [-0.25, -0.2) is 0 Å². The van der Waals surface area contributed by atoms with E-state index in [1.807, 2.05) is 24.3 Å². The molecule has 98 valence electrons. The van der Waals surface area contributed by atoms with Crippen molar-refractivity contribution in [1.29, 1.82) is 0 Å². The Kier molecular flexibility index (Phi) is 3.76. The summed E-state index contributed by atoms with van der Waals surface area (Å²) < 4.78 is 0. The Labute approximate surface area is 118 Å². The van der Waals surface area contributed by atoms with Gasteiger partial charge in [0.25, 0.3) is 0 Å². The van der Waals surface area contributed by atoms with E-state index in [4.69, 9.17) is 11.6 Å². The summed E-state index contributed by atoms with van der Waals surface area (Å²) in [5.74, 6) is 0.664. The fourth-order valence-electron chi connectivity index (χ4n) is 2.47. The maximum atomic E-state index is 5.90. The lowest BCUT2D eigenvalue weighted by Gasteiger charge is -2.36. The fraction of sp³-hybridized carbons (Fsp3) is 0.333. The van der Waals surface area contributed by atoms with Gasteiger partial charge in [0.05, 0.1) is 5.69 Å². The van der Waals surface area contributed by atoms with Gasteiger partial charge in [-0.1, -0.05) is 23.7 Å². The highest BCUT2D eigenvalue weighted by Crippen LogP contribution is 2.37. The highest BCUT2D eigenvalue weighted by Gasteiger charge is 2.29. The number of nitrogens with zero attached hydrogens (tertiary/aromatic N) is 2. The predicted molar refractivity (Wildman–Crippen MR) is 76.1 cm³/mol. The maximum Gasteiger partial charge on any atom is 0.0769 e. The van der Waals surface area contributed by atoms with Crippen LogP contribution in [0.2, 0.25) is 5.02 Å². The van der Waals surface area contributed by atoms with Crippen LogP contribution in [0.3, 0.4) is 0 Å². The molecule has 1 aromatic carbocycles. The molecule has 1 aromatic heterocycles. The molecule has 1 aliphatic carbocycles. The smallest absolute Gasteiger partial charge is 0.0769 e.